The predicted octanol–water partition coefficient (Wildman–Crippen LogP) is 3.39. The van der Waals surface area contributed by atoms with Crippen LogP contribution in [0.4, 0.5) is 4.39 Å². The number of hydrogen-bond donors (Lipinski definition) is 1. The summed E-state index contributed by atoms with van der Waals surface area (Å²) in [5.74, 6) is 1.62. The van der Waals surface area contributed by atoms with Crippen molar-refractivity contribution in [1.29, 1.82) is 0 Å². The van der Waals surface area contributed by atoms with Crippen LogP contribution in [0.2, 0.25) is 0 Å². The molecular weight excluding hydrogens is 321 g/mol. The van der Waals surface area contributed by atoms with E-state index in [0.29, 0.717) is 23.7 Å². The van der Waals surface area contributed by atoms with Crippen LogP contribution in [0.5, 0.6) is 0 Å². The van der Waals surface area contributed by atoms with Gasteiger partial charge in [-0.1, -0.05) is 12.1 Å². The standard InChI is InChI=1S/C18H20FN5O/c1-2-24-18(20-17(23-24)12-7-9-25-10-8-12)16-11-15(21-22-16)13-5-3-4-6-14(13)19/h3-6,11-12H,2,7-10H2,1H3,(H,21,22). The molecule has 1 aliphatic heterocycles. The molecule has 0 bridgehead atoms. The van der Waals surface area contributed by atoms with Gasteiger partial charge < -0.3 is 4.74 Å². The molecule has 6 nitrogen and oxygen atoms in total. The van der Waals surface area contributed by atoms with Gasteiger partial charge in [-0.05, 0) is 38.0 Å². The molecule has 25 heavy (non-hydrogen) atoms. The van der Waals surface area contributed by atoms with Gasteiger partial charge in [-0.25, -0.2) is 14.1 Å². The molecule has 0 unspecified atom stereocenters. The third-order valence-corrected chi connectivity index (χ3v) is 4.54. The van der Waals surface area contributed by atoms with E-state index in [1.54, 1.807) is 18.2 Å². The van der Waals surface area contributed by atoms with Crippen LogP contribution < -0.4 is 0 Å². The monoisotopic (exact) mass is 341 g/mol. The summed E-state index contributed by atoms with van der Waals surface area (Å²) in [6, 6.07) is 8.43. The Kier molecular flexibility index (Phi) is 4.31. The highest BCUT2D eigenvalue weighted by Crippen LogP contribution is 2.28. The number of aromatic nitrogens is 5. The molecule has 4 rings (SSSR count). The number of rotatable bonds is 4. The van der Waals surface area contributed by atoms with Crippen molar-refractivity contribution in [1.82, 2.24) is 25.0 Å². The number of ether oxygens (including phenoxy) is 1. The van der Waals surface area contributed by atoms with Crippen LogP contribution in [0, 0.1) is 5.82 Å². The summed E-state index contributed by atoms with van der Waals surface area (Å²) in [7, 11) is 0. The number of benzene rings is 1. The highest BCUT2D eigenvalue weighted by atomic mass is 19.1. The second kappa shape index (κ2) is 6.76. The molecule has 0 atom stereocenters. The Labute approximate surface area is 145 Å². The van der Waals surface area contributed by atoms with E-state index >= 15 is 0 Å². The molecule has 0 spiro atoms. The molecule has 3 heterocycles. The van der Waals surface area contributed by atoms with Gasteiger partial charge in [-0.3, -0.25) is 5.10 Å². The number of hydrogen-bond acceptors (Lipinski definition) is 4. The van der Waals surface area contributed by atoms with Crippen molar-refractivity contribution in [3.63, 3.8) is 0 Å². The normalized spacial score (nSPS) is 15.6. The van der Waals surface area contributed by atoms with E-state index in [0.717, 1.165) is 43.4 Å². The van der Waals surface area contributed by atoms with Gasteiger partial charge in [0, 0.05) is 31.2 Å². The quantitative estimate of drug-likeness (QED) is 0.790. The van der Waals surface area contributed by atoms with Crippen LogP contribution in [0.25, 0.3) is 22.8 Å². The van der Waals surface area contributed by atoms with Gasteiger partial charge in [0.05, 0.1) is 5.69 Å². The first-order valence-corrected chi connectivity index (χ1v) is 8.59. The van der Waals surface area contributed by atoms with E-state index in [9.17, 15) is 4.39 Å². The fourth-order valence-electron chi connectivity index (χ4n) is 3.15. The SMILES string of the molecule is CCn1nc(C2CCOCC2)nc1-c1cc(-c2ccccc2F)n[nH]1. The van der Waals surface area contributed by atoms with Crippen molar-refractivity contribution in [3.05, 3.63) is 42.0 Å². The van der Waals surface area contributed by atoms with Gasteiger partial charge in [0.2, 0.25) is 0 Å². The van der Waals surface area contributed by atoms with E-state index in [1.165, 1.54) is 6.07 Å². The van der Waals surface area contributed by atoms with Crippen LogP contribution in [0.15, 0.2) is 30.3 Å². The molecule has 7 heteroatoms. The molecule has 0 aliphatic carbocycles. The third-order valence-electron chi connectivity index (χ3n) is 4.54. The maximum absolute atomic E-state index is 14.0. The zero-order valence-corrected chi connectivity index (χ0v) is 14.1. The van der Waals surface area contributed by atoms with Crippen LogP contribution in [-0.2, 0) is 11.3 Å². The molecule has 3 aromatic rings. The average molecular weight is 341 g/mol. The number of aromatic amines is 1. The fraction of sp³-hybridized carbons (Fsp3) is 0.389. The molecule has 0 radical (unpaired) electrons. The van der Waals surface area contributed by atoms with Crippen molar-refractivity contribution in [3.8, 4) is 22.8 Å². The van der Waals surface area contributed by atoms with E-state index in [-0.39, 0.29) is 5.82 Å². The fourth-order valence-corrected chi connectivity index (χ4v) is 3.15. The molecule has 1 aromatic carbocycles. The topological polar surface area (TPSA) is 68.6 Å². The summed E-state index contributed by atoms with van der Waals surface area (Å²) in [4.78, 5) is 4.74. The molecular formula is C18H20FN5O. The highest BCUT2D eigenvalue weighted by molar-refractivity contribution is 5.65. The number of halogens is 1. The lowest BCUT2D eigenvalue weighted by atomic mass is 10.00. The minimum absolute atomic E-state index is 0.291. The summed E-state index contributed by atoms with van der Waals surface area (Å²) in [6.07, 6.45) is 1.88. The van der Waals surface area contributed by atoms with Crippen LogP contribution in [0.3, 0.4) is 0 Å². The first-order chi connectivity index (χ1) is 12.3. The minimum Gasteiger partial charge on any atom is -0.381 e. The predicted molar refractivity (Wildman–Crippen MR) is 91.5 cm³/mol. The van der Waals surface area contributed by atoms with E-state index in [1.807, 2.05) is 17.7 Å². The highest BCUT2D eigenvalue weighted by Gasteiger charge is 2.23. The van der Waals surface area contributed by atoms with Gasteiger partial charge in [-0.2, -0.15) is 10.2 Å². The smallest absolute Gasteiger partial charge is 0.176 e. The maximum Gasteiger partial charge on any atom is 0.176 e. The van der Waals surface area contributed by atoms with E-state index < -0.39 is 0 Å². The second-order valence-electron chi connectivity index (χ2n) is 6.14. The van der Waals surface area contributed by atoms with Gasteiger partial charge in [0.1, 0.15) is 11.5 Å². The molecule has 0 amide bonds. The number of nitrogens with one attached hydrogen (secondary N) is 1. The summed E-state index contributed by atoms with van der Waals surface area (Å²) >= 11 is 0. The summed E-state index contributed by atoms with van der Waals surface area (Å²) in [5.41, 5.74) is 1.77. The third kappa shape index (κ3) is 3.07. The molecule has 1 aliphatic rings. The first-order valence-electron chi connectivity index (χ1n) is 8.59. The Balaban J connectivity index is 1.68. The summed E-state index contributed by atoms with van der Waals surface area (Å²) in [6.45, 7) is 4.24. The van der Waals surface area contributed by atoms with Gasteiger partial charge in [-0.15, -0.1) is 0 Å². The van der Waals surface area contributed by atoms with Gasteiger partial charge in [0.15, 0.2) is 11.6 Å². The average Bonchev–Trinajstić information content (AvgIpc) is 3.29. The molecule has 1 N–H and O–H groups in total. The maximum atomic E-state index is 14.0. The lowest BCUT2D eigenvalue weighted by Gasteiger charge is -2.18. The van der Waals surface area contributed by atoms with Crippen LogP contribution >= 0.6 is 0 Å². The molecule has 1 saturated heterocycles. The summed E-state index contributed by atoms with van der Waals surface area (Å²) < 4.78 is 21.3. The van der Waals surface area contributed by atoms with Crippen molar-refractivity contribution in [2.24, 2.45) is 0 Å². The van der Waals surface area contributed by atoms with Crippen molar-refractivity contribution in [2.75, 3.05) is 13.2 Å². The first kappa shape index (κ1) is 16.0. The number of aryl methyl sites for hydroxylation is 1. The molecule has 1 fully saturated rings. The van der Waals surface area contributed by atoms with Gasteiger partial charge in [0.25, 0.3) is 0 Å². The molecule has 130 valence electrons. The van der Waals surface area contributed by atoms with Crippen LogP contribution in [0.1, 0.15) is 31.5 Å². The molecule has 0 saturated carbocycles. The summed E-state index contributed by atoms with van der Waals surface area (Å²) in [5, 5.41) is 11.9. The second-order valence-corrected chi connectivity index (χ2v) is 6.14. The molecule has 2 aromatic heterocycles. The largest absolute Gasteiger partial charge is 0.381 e. The Morgan fingerprint density at radius 3 is 2.84 bits per heavy atom. The minimum atomic E-state index is -0.291. The Bertz CT molecular complexity index is 866. The Morgan fingerprint density at radius 2 is 2.08 bits per heavy atom. The van der Waals surface area contributed by atoms with Crippen molar-refractivity contribution < 1.29 is 9.13 Å². The van der Waals surface area contributed by atoms with Crippen molar-refractivity contribution >= 4 is 0 Å². The zero-order valence-electron chi connectivity index (χ0n) is 14.1. The Morgan fingerprint density at radius 1 is 1.28 bits per heavy atom. The zero-order chi connectivity index (χ0) is 17.2. The van der Waals surface area contributed by atoms with Gasteiger partial charge >= 0.3 is 0 Å². The van der Waals surface area contributed by atoms with E-state index in [2.05, 4.69) is 15.3 Å². The lowest BCUT2D eigenvalue weighted by molar-refractivity contribution is 0.0835. The number of nitrogens with zero attached hydrogens (tertiary/aromatic N) is 4. The van der Waals surface area contributed by atoms with E-state index in [4.69, 9.17) is 9.72 Å². The van der Waals surface area contributed by atoms with Crippen molar-refractivity contribution in [2.45, 2.75) is 32.2 Å². The van der Waals surface area contributed by atoms with Crippen LogP contribution in [-0.4, -0.2) is 38.2 Å². The lowest BCUT2D eigenvalue weighted by Crippen LogP contribution is -2.15. The number of H-pyrrole nitrogens is 1. The Hall–Kier alpha value is -2.54.